The van der Waals surface area contributed by atoms with E-state index in [0.29, 0.717) is 11.8 Å². The summed E-state index contributed by atoms with van der Waals surface area (Å²) in [6.45, 7) is 4.86. The van der Waals surface area contributed by atoms with Crippen molar-refractivity contribution in [2.75, 3.05) is 0 Å². The van der Waals surface area contributed by atoms with E-state index in [0.717, 1.165) is 18.8 Å². The van der Waals surface area contributed by atoms with Crippen molar-refractivity contribution in [2.24, 2.45) is 0 Å². The Bertz CT molecular complexity index is 405. The number of nitrogens with zero attached hydrogens (tertiary/aromatic N) is 4. The zero-order chi connectivity index (χ0) is 10.7. The van der Waals surface area contributed by atoms with Crippen LogP contribution in [0.3, 0.4) is 0 Å². The van der Waals surface area contributed by atoms with Gasteiger partial charge in [0.2, 0.25) is 5.89 Å². The average molecular weight is 206 g/mol. The highest BCUT2D eigenvalue weighted by Crippen LogP contribution is 2.09. The molecule has 2 rings (SSSR count). The third-order valence-electron chi connectivity index (χ3n) is 2.11. The Morgan fingerprint density at radius 1 is 1.47 bits per heavy atom. The highest BCUT2D eigenvalue weighted by molar-refractivity contribution is 4.91. The van der Waals surface area contributed by atoms with Crippen molar-refractivity contribution in [2.45, 2.75) is 32.7 Å². The van der Waals surface area contributed by atoms with Gasteiger partial charge in [0.15, 0.2) is 5.82 Å². The Hall–Kier alpha value is -1.65. The van der Waals surface area contributed by atoms with Gasteiger partial charge < -0.3 is 4.52 Å². The molecule has 80 valence electrons. The van der Waals surface area contributed by atoms with Gasteiger partial charge in [0.25, 0.3) is 0 Å². The molecule has 5 nitrogen and oxygen atoms in total. The molecule has 0 unspecified atom stereocenters. The molecule has 0 fully saturated rings. The Morgan fingerprint density at radius 3 is 2.93 bits per heavy atom. The van der Waals surface area contributed by atoms with Gasteiger partial charge in [-0.3, -0.25) is 4.68 Å². The van der Waals surface area contributed by atoms with E-state index in [-0.39, 0.29) is 0 Å². The summed E-state index contributed by atoms with van der Waals surface area (Å²) in [6.07, 6.45) is 4.40. The van der Waals surface area contributed by atoms with Crippen molar-refractivity contribution in [3.63, 3.8) is 0 Å². The van der Waals surface area contributed by atoms with E-state index in [1.165, 1.54) is 0 Å². The standard InChI is InChI=1S/C10H14N4O/c1-8(2)10-12-9(15-13-10)4-7-14-6-3-5-11-14/h3,5-6,8H,4,7H2,1-2H3. The van der Waals surface area contributed by atoms with Crippen LogP contribution in [0.15, 0.2) is 23.0 Å². The van der Waals surface area contributed by atoms with E-state index in [4.69, 9.17) is 4.52 Å². The molecule has 15 heavy (non-hydrogen) atoms. The van der Waals surface area contributed by atoms with Crippen LogP contribution >= 0.6 is 0 Å². The quantitative estimate of drug-likeness (QED) is 0.763. The normalized spacial score (nSPS) is 11.1. The lowest BCUT2D eigenvalue weighted by atomic mass is 10.2. The third kappa shape index (κ3) is 2.43. The molecule has 0 N–H and O–H groups in total. The van der Waals surface area contributed by atoms with Gasteiger partial charge in [-0.1, -0.05) is 19.0 Å². The van der Waals surface area contributed by atoms with Crippen molar-refractivity contribution in [1.82, 2.24) is 19.9 Å². The van der Waals surface area contributed by atoms with Crippen molar-refractivity contribution in [3.05, 3.63) is 30.2 Å². The first-order valence-electron chi connectivity index (χ1n) is 5.05. The van der Waals surface area contributed by atoms with Gasteiger partial charge in [-0.25, -0.2) is 0 Å². The van der Waals surface area contributed by atoms with E-state index >= 15 is 0 Å². The summed E-state index contributed by atoms with van der Waals surface area (Å²) >= 11 is 0. The molecule has 0 aliphatic carbocycles. The number of rotatable bonds is 4. The fourth-order valence-corrected chi connectivity index (χ4v) is 1.25. The molecule has 0 saturated heterocycles. The van der Waals surface area contributed by atoms with E-state index in [1.807, 2.05) is 30.8 Å². The van der Waals surface area contributed by atoms with E-state index in [9.17, 15) is 0 Å². The van der Waals surface area contributed by atoms with Crippen LogP contribution in [0.4, 0.5) is 0 Å². The topological polar surface area (TPSA) is 56.7 Å². The average Bonchev–Trinajstić information content (AvgIpc) is 2.86. The number of aromatic nitrogens is 4. The molecule has 0 aliphatic heterocycles. The van der Waals surface area contributed by atoms with Crippen LogP contribution in [-0.4, -0.2) is 19.9 Å². The molecular formula is C10H14N4O. The summed E-state index contributed by atoms with van der Waals surface area (Å²) in [5.74, 6) is 1.76. The molecule has 0 atom stereocenters. The molecule has 2 aromatic heterocycles. The second kappa shape index (κ2) is 4.25. The molecule has 0 amide bonds. The zero-order valence-electron chi connectivity index (χ0n) is 8.92. The van der Waals surface area contributed by atoms with Crippen molar-refractivity contribution in [3.8, 4) is 0 Å². The van der Waals surface area contributed by atoms with Gasteiger partial charge in [0.05, 0.1) is 0 Å². The Morgan fingerprint density at radius 2 is 2.33 bits per heavy atom. The summed E-state index contributed by atoms with van der Waals surface area (Å²) < 4.78 is 6.97. The second-order valence-corrected chi connectivity index (χ2v) is 3.72. The lowest BCUT2D eigenvalue weighted by molar-refractivity contribution is 0.363. The van der Waals surface area contributed by atoms with Gasteiger partial charge in [0.1, 0.15) is 0 Å². The molecule has 0 radical (unpaired) electrons. The summed E-state index contributed by atoms with van der Waals surface area (Å²) in [6, 6.07) is 1.90. The lowest BCUT2D eigenvalue weighted by Gasteiger charge is -1.96. The molecule has 0 spiro atoms. The first-order valence-corrected chi connectivity index (χ1v) is 5.05. The van der Waals surface area contributed by atoms with Gasteiger partial charge in [-0.15, -0.1) is 0 Å². The minimum atomic E-state index is 0.312. The van der Waals surface area contributed by atoms with Crippen LogP contribution in [0.1, 0.15) is 31.5 Å². The van der Waals surface area contributed by atoms with E-state index in [2.05, 4.69) is 15.2 Å². The Kier molecular flexibility index (Phi) is 2.80. The van der Waals surface area contributed by atoms with Gasteiger partial charge >= 0.3 is 0 Å². The van der Waals surface area contributed by atoms with Crippen molar-refractivity contribution >= 4 is 0 Å². The fraction of sp³-hybridized carbons (Fsp3) is 0.500. The summed E-state index contributed by atoms with van der Waals surface area (Å²) in [5.41, 5.74) is 0. The minimum Gasteiger partial charge on any atom is -0.339 e. The van der Waals surface area contributed by atoms with Crippen LogP contribution in [0.2, 0.25) is 0 Å². The van der Waals surface area contributed by atoms with Crippen molar-refractivity contribution < 1.29 is 4.52 Å². The zero-order valence-corrected chi connectivity index (χ0v) is 8.92. The SMILES string of the molecule is CC(C)c1noc(CCn2cccn2)n1. The number of aryl methyl sites for hydroxylation is 2. The third-order valence-corrected chi connectivity index (χ3v) is 2.11. The smallest absolute Gasteiger partial charge is 0.228 e. The first kappa shape index (κ1) is 9.89. The first-order chi connectivity index (χ1) is 7.25. The van der Waals surface area contributed by atoms with E-state index in [1.54, 1.807) is 6.20 Å². The molecule has 2 aromatic rings. The summed E-state index contributed by atoms with van der Waals surface area (Å²) in [7, 11) is 0. The number of hydrogen-bond acceptors (Lipinski definition) is 4. The second-order valence-electron chi connectivity index (χ2n) is 3.72. The maximum atomic E-state index is 5.12. The minimum absolute atomic E-state index is 0.312. The monoisotopic (exact) mass is 206 g/mol. The summed E-state index contributed by atoms with van der Waals surface area (Å²) in [4.78, 5) is 4.29. The molecule has 0 aliphatic rings. The van der Waals surface area contributed by atoms with Crippen LogP contribution in [0.5, 0.6) is 0 Å². The maximum Gasteiger partial charge on any atom is 0.228 e. The molecule has 0 saturated carbocycles. The number of hydrogen-bond donors (Lipinski definition) is 0. The fourth-order valence-electron chi connectivity index (χ4n) is 1.25. The van der Waals surface area contributed by atoms with E-state index < -0.39 is 0 Å². The molecule has 0 aromatic carbocycles. The Balaban J connectivity index is 1.94. The molecule has 0 bridgehead atoms. The molecular weight excluding hydrogens is 192 g/mol. The predicted molar refractivity (Wildman–Crippen MR) is 54.3 cm³/mol. The van der Waals surface area contributed by atoms with Crippen LogP contribution in [0, 0.1) is 0 Å². The molecule has 2 heterocycles. The maximum absolute atomic E-state index is 5.12. The highest BCUT2D eigenvalue weighted by Gasteiger charge is 2.09. The van der Waals surface area contributed by atoms with Gasteiger partial charge in [0, 0.05) is 31.3 Å². The molecule has 5 heteroatoms. The van der Waals surface area contributed by atoms with Crippen LogP contribution in [0.25, 0.3) is 0 Å². The van der Waals surface area contributed by atoms with Crippen LogP contribution in [-0.2, 0) is 13.0 Å². The van der Waals surface area contributed by atoms with Crippen molar-refractivity contribution in [1.29, 1.82) is 0 Å². The van der Waals surface area contributed by atoms with Gasteiger partial charge in [-0.05, 0) is 6.07 Å². The highest BCUT2D eigenvalue weighted by atomic mass is 16.5. The predicted octanol–water partition coefficient (Wildman–Crippen LogP) is 1.63. The Labute approximate surface area is 88.1 Å². The van der Waals surface area contributed by atoms with Crippen LogP contribution < -0.4 is 0 Å². The summed E-state index contributed by atoms with van der Waals surface area (Å²) in [5, 5.41) is 8.00. The largest absolute Gasteiger partial charge is 0.339 e. The van der Waals surface area contributed by atoms with Gasteiger partial charge in [-0.2, -0.15) is 10.1 Å². The lowest BCUT2D eigenvalue weighted by Crippen LogP contribution is -2.01.